The van der Waals surface area contributed by atoms with Crippen molar-refractivity contribution in [3.63, 3.8) is 0 Å². The van der Waals surface area contributed by atoms with E-state index < -0.39 is 0 Å². The molecule has 0 aliphatic carbocycles. The summed E-state index contributed by atoms with van der Waals surface area (Å²) in [6.07, 6.45) is 2.35. The van der Waals surface area contributed by atoms with E-state index in [0.717, 1.165) is 22.3 Å². The number of nitrogens with zero attached hydrogens (tertiary/aromatic N) is 1. The lowest BCUT2D eigenvalue weighted by molar-refractivity contribution is 1.28. The van der Waals surface area contributed by atoms with Crippen molar-refractivity contribution >= 4 is 72.7 Å². The van der Waals surface area contributed by atoms with Gasteiger partial charge in [-0.25, -0.2) is 0 Å². The second kappa shape index (κ2) is 12.9. The number of anilines is 3. The van der Waals surface area contributed by atoms with Crippen LogP contribution in [0.2, 0.25) is 0 Å². The first kappa shape index (κ1) is 30.8. The van der Waals surface area contributed by atoms with E-state index in [0.29, 0.717) is 0 Å². The number of thiophene rings is 1. The van der Waals surface area contributed by atoms with Gasteiger partial charge in [0.05, 0.1) is 0 Å². The van der Waals surface area contributed by atoms with Crippen molar-refractivity contribution in [3.8, 4) is 22.3 Å². The summed E-state index contributed by atoms with van der Waals surface area (Å²) in [6, 6.07) is 63.4. The van der Waals surface area contributed by atoms with Crippen LogP contribution in [-0.4, -0.2) is 0 Å². The second-order valence-electron chi connectivity index (χ2n) is 13.1. The predicted octanol–water partition coefficient (Wildman–Crippen LogP) is 12.6. The Morgan fingerprint density at radius 2 is 1.04 bits per heavy atom. The Bertz CT molecular complexity index is 2800. The van der Waals surface area contributed by atoms with Gasteiger partial charge in [-0.3, -0.25) is 0 Å². The molecule has 9 aromatic rings. The van der Waals surface area contributed by atoms with Crippen LogP contribution in [0.15, 0.2) is 176 Å². The molecular formula is C49H35NS. The number of fused-ring (bicyclic) bond motifs is 4. The molecule has 0 fully saturated rings. The zero-order valence-corrected chi connectivity index (χ0v) is 29.2. The minimum atomic E-state index is 1.10. The van der Waals surface area contributed by atoms with Crippen LogP contribution in [0.5, 0.6) is 0 Å². The van der Waals surface area contributed by atoms with Gasteiger partial charge in [-0.2, -0.15) is 0 Å². The molecule has 0 bridgehead atoms. The number of hydrogen-bond donors (Lipinski definition) is 0. The molecule has 0 radical (unpaired) electrons. The van der Waals surface area contributed by atoms with Gasteiger partial charge >= 0.3 is 0 Å². The molecule has 1 heterocycles. The molecule has 1 aromatic heterocycles. The van der Waals surface area contributed by atoms with Crippen LogP contribution < -0.4 is 14.7 Å². The number of aryl methyl sites for hydroxylation is 1. The number of hydrogen-bond acceptors (Lipinski definition) is 2. The first-order valence-electron chi connectivity index (χ1n) is 17.4. The van der Waals surface area contributed by atoms with Gasteiger partial charge in [-0.05, 0) is 127 Å². The average molecular weight is 670 g/mol. The number of para-hydroxylation sites is 1. The minimum Gasteiger partial charge on any atom is -0.311 e. The summed E-state index contributed by atoms with van der Waals surface area (Å²) in [5.74, 6) is 0. The van der Waals surface area contributed by atoms with Crippen molar-refractivity contribution < 1.29 is 0 Å². The van der Waals surface area contributed by atoms with Gasteiger partial charge in [-0.15, -0.1) is 11.3 Å². The maximum atomic E-state index is 4.46. The molecule has 0 N–H and O–H groups in total. The van der Waals surface area contributed by atoms with Crippen LogP contribution in [0.4, 0.5) is 17.1 Å². The molecule has 2 heteroatoms. The zero-order valence-electron chi connectivity index (χ0n) is 28.4. The van der Waals surface area contributed by atoms with E-state index in [4.69, 9.17) is 0 Å². The quantitative estimate of drug-likeness (QED) is 0.159. The normalized spacial score (nSPS) is 11.8. The fraction of sp³-hybridized carbons (Fsp3) is 0.0204. The number of benzene rings is 8. The van der Waals surface area contributed by atoms with E-state index in [-0.39, 0.29) is 0 Å². The SMILES string of the molecule is C=c1/c(=C\c2c(C)ccc3ccc4cc(-c5ccc(N(c6ccccc6)c6ccc(-c7ccccc7)cc6)cc5)ccc4c23)sc2ccccc12. The molecule has 0 unspecified atom stereocenters. The molecule has 242 valence electrons. The molecule has 0 aliphatic heterocycles. The molecule has 1 nitrogen and oxygen atoms in total. The molecule has 0 saturated heterocycles. The Balaban J connectivity index is 1.09. The molecule has 0 amide bonds. The smallest absolute Gasteiger partial charge is 0.0462 e. The summed E-state index contributed by atoms with van der Waals surface area (Å²) in [5.41, 5.74) is 10.7. The summed E-state index contributed by atoms with van der Waals surface area (Å²) < 4.78 is 2.50. The van der Waals surface area contributed by atoms with Gasteiger partial charge in [0, 0.05) is 26.3 Å². The monoisotopic (exact) mass is 669 g/mol. The third kappa shape index (κ3) is 5.70. The first-order chi connectivity index (χ1) is 25.1. The Morgan fingerprint density at radius 3 is 1.75 bits per heavy atom. The third-order valence-electron chi connectivity index (χ3n) is 9.97. The van der Waals surface area contributed by atoms with Crippen LogP contribution in [-0.2, 0) is 0 Å². The summed E-state index contributed by atoms with van der Waals surface area (Å²) in [5, 5.41) is 7.39. The van der Waals surface area contributed by atoms with Gasteiger partial charge in [0.1, 0.15) is 0 Å². The van der Waals surface area contributed by atoms with Crippen LogP contribution >= 0.6 is 11.3 Å². The standard InChI is InChI=1S/C49H35NS/c1-33-17-18-38-19-20-40-31-39(25-30-45(40)49(38)46(33)32-48-34(2)44-15-9-10-16-47(44)51-48)37-23-28-43(29-24-37)50(41-13-7-4-8-14-41)42-26-21-36(22-27-42)35-11-5-3-6-12-35/h3-32H,2H2,1H3/b48-32+. The van der Waals surface area contributed by atoms with E-state index in [2.05, 4.69) is 200 Å². The highest BCUT2D eigenvalue weighted by Crippen LogP contribution is 2.38. The topological polar surface area (TPSA) is 3.24 Å². The average Bonchev–Trinajstić information content (AvgIpc) is 3.51. The van der Waals surface area contributed by atoms with Crippen LogP contribution in [0.25, 0.3) is 66.5 Å². The molecule has 0 atom stereocenters. The molecule has 0 spiro atoms. The fourth-order valence-corrected chi connectivity index (χ4v) is 8.37. The lowest BCUT2D eigenvalue weighted by Crippen LogP contribution is -2.16. The molecule has 0 saturated carbocycles. The van der Waals surface area contributed by atoms with E-state index in [1.54, 1.807) is 0 Å². The van der Waals surface area contributed by atoms with Crippen molar-refractivity contribution in [2.45, 2.75) is 6.92 Å². The molecule has 51 heavy (non-hydrogen) atoms. The highest BCUT2D eigenvalue weighted by atomic mass is 32.1. The Kier molecular flexibility index (Phi) is 7.80. The van der Waals surface area contributed by atoms with Crippen molar-refractivity contribution in [1.29, 1.82) is 0 Å². The van der Waals surface area contributed by atoms with E-state index in [1.165, 1.54) is 69.5 Å². The Labute approximate surface area is 302 Å². The van der Waals surface area contributed by atoms with E-state index >= 15 is 0 Å². The van der Waals surface area contributed by atoms with Crippen molar-refractivity contribution in [2.75, 3.05) is 4.90 Å². The summed E-state index contributed by atoms with van der Waals surface area (Å²) in [7, 11) is 0. The summed E-state index contributed by atoms with van der Waals surface area (Å²) >= 11 is 1.82. The maximum Gasteiger partial charge on any atom is 0.0462 e. The second-order valence-corrected chi connectivity index (χ2v) is 14.2. The highest BCUT2D eigenvalue weighted by Gasteiger charge is 2.14. The lowest BCUT2D eigenvalue weighted by Gasteiger charge is -2.26. The van der Waals surface area contributed by atoms with Crippen LogP contribution in [0.3, 0.4) is 0 Å². The van der Waals surface area contributed by atoms with Gasteiger partial charge < -0.3 is 4.90 Å². The maximum absolute atomic E-state index is 4.46. The summed E-state index contributed by atoms with van der Waals surface area (Å²) in [4.78, 5) is 2.32. The lowest BCUT2D eigenvalue weighted by atomic mass is 9.92. The molecule has 9 rings (SSSR count). The van der Waals surface area contributed by atoms with Crippen LogP contribution in [0, 0.1) is 6.92 Å². The third-order valence-corrected chi connectivity index (χ3v) is 11.1. The largest absolute Gasteiger partial charge is 0.311 e. The van der Waals surface area contributed by atoms with Crippen molar-refractivity contribution in [2.24, 2.45) is 0 Å². The van der Waals surface area contributed by atoms with Crippen LogP contribution in [0.1, 0.15) is 11.1 Å². The fourth-order valence-electron chi connectivity index (χ4n) is 7.28. The highest BCUT2D eigenvalue weighted by molar-refractivity contribution is 7.17. The van der Waals surface area contributed by atoms with Gasteiger partial charge in [0.15, 0.2) is 0 Å². The zero-order chi connectivity index (χ0) is 34.3. The van der Waals surface area contributed by atoms with Gasteiger partial charge in [-0.1, -0.05) is 134 Å². The van der Waals surface area contributed by atoms with E-state index in [1.807, 2.05) is 11.3 Å². The van der Waals surface area contributed by atoms with Gasteiger partial charge in [0.25, 0.3) is 0 Å². The van der Waals surface area contributed by atoms with Crippen molar-refractivity contribution in [3.05, 3.63) is 197 Å². The Hall–Kier alpha value is -6.22. The Morgan fingerprint density at radius 1 is 0.490 bits per heavy atom. The molecule has 8 aromatic carbocycles. The van der Waals surface area contributed by atoms with Gasteiger partial charge in [0.2, 0.25) is 0 Å². The predicted molar refractivity (Wildman–Crippen MR) is 222 cm³/mol. The number of rotatable bonds is 6. The summed E-state index contributed by atoms with van der Waals surface area (Å²) in [6.45, 7) is 6.68. The molecular weight excluding hydrogens is 635 g/mol. The van der Waals surface area contributed by atoms with E-state index in [9.17, 15) is 0 Å². The van der Waals surface area contributed by atoms with Crippen molar-refractivity contribution in [1.82, 2.24) is 0 Å². The first-order valence-corrected chi connectivity index (χ1v) is 18.2. The molecule has 0 aliphatic rings. The minimum absolute atomic E-state index is 1.10.